The second-order valence-electron chi connectivity index (χ2n) is 15.5. The molecule has 0 aliphatic carbocycles. The highest BCUT2D eigenvalue weighted by Crippen LogP contribution is 2.18. The number of rotatable bonds is 40. The standard InChI is InChI=1S/C42H75N7O8/c1-2-3-21-35(47-29-39(53)34(43)26-33-27-45-31-49-33)37(51)25-32(38(52)28-48-36(30-50)42(44)57)20-18-19-24-46-40(54)22-16-14-12-10-8-6-4-5-7-9-11-13-15-17-23-41(55)56/h27,31-32,34-36,47-48,50H,2-26,28-30,43H2,1H3,(H2,44,57)(H,45,49)(H,46,54)(H,55,56)/t32-,34+,35+,36+/m1/s1. The fourth-order valence-electron chi connectivity index (χ4n) is 6.79. The van der Waals surface area contributed by atoms with Crippen LogP contribution in [-0.4, -0.2) is 99.7 Å². The minimum Gasteiger partial charge on any atom is -0.481 e. The van der Waals surface area contributed by atoms with Crippen LogP contribution in [-0.2, 0) is 35.2 Å². The lowest BCUT2D eigenvalue weighted by Gasteiger charge is -2.22. The Bertz CT molecular complexity index is 1260. The van der Waals surface area contributed by atoms with Crippen LogP contribution in [0.25, 0.3) is 0 Å². The molecule has 326 valence electrons. The number of nitrogens with zero attached hydrogens (tertiary/aromatic N) is 1. The van der Waals surface area contributed by atoms with Crippen molar-refractivity contribution in [3.63, 3.8) is 0 Å². The van der Waals surface area contributed by atoms with Gasteiger partial charge in [0.25, 0.3) is 0 Å². The number of carbonyl (C=O) groups is 6. The van der Waals surface area contributed by atoms with Crippen LogP contribution >= 0.6 is 0 Å². The molecule has 0 spiro atoms. The van der Waals surface area contributed by atoms with E-state index < -0.39 is 42.5 Å². The van der Waals surface area contributed by atoms with E-state index in [-0.39, 0.29) is 49.2 Å². The van der Waals surface area contributed by atoms with Gasteiger partial charge < -0.3 is 37.3 Å². The van der Waals surface area contributed by atoms with Gasteiger partial charge in [-0.1, -0.05) is 103 Å². The number of primary amides is 1. The lowest BCUT2D eigenvalue weighted by Crippen LogP contribution is -2.47. The van der Waals surface area contributed by atoms with E-state index in [2.05, 4.69) is 25.9 Å². The number of hydrogen-bond acceptors (Lipinski definition) is 11. The Hall–Kier alpha value is -3.53. The van der Waals surface area contributed by atoms with E-state index in [1.807, 2.05) is 6.92 Å². The van der Waals surface area contributed by atoms with Crippen LogP contribution in [0.3, 0.4) is 0 Å². The summed E-state index contributed by atoms with van der Waals surface area (Å²) in [5.74, 6) is -2.85. The van der Waals surface area contributed by atoms with E-state index >= 15 is 0 Å². The summed E-state index contributed by atoms with van der Waals surface area (Å²) >= 11 is 0. The van der Waals surface area contributed by atoms with Gasteiger partial charge in [-0.3, -0.25) is 34.1 Å². The Morgan fingerprint density at radius 1 is 0.719 bits per heavy atom. The molecule has 1 aromatic heterocycles. The maximum absolute atomic E-state index is 13.6. The zero-order valence-corrected chi connectivity index (χ0v) is 34.7. The summed E-state index contributed by atoms with van der Waals surface area (Å²) < 4.78 is 0. The number of aliphatic hydroxyl groups excluding tert-OH is 1. The molecule has 10 N–H and O–H groups in total. The number of unbranched alkanes of at least 4 members (excludes halogenated alkanes) is 15. The number of nitrogens with two attached hydrogens (primary N) is 2. The van der Waals surface area contributed by atoms with Gasteiger partial charge in [-0.2, -0.15) is 0 Å². The molecule has 0 aromatic carbocycles. The molecule has 0 aliphatic rings. The van der Waals surface area contributed by atoms with Gasteiger partial charge in [0.1, 0.15) is 17.6 Å². The number of H-pyrrole nitrogens is 1. The maximum Gasteiger partial charge on any atom is 0.303 e. The van der Waals surface area contributed by atoms with Gasteiger partial charge in [-0.05, 0) is 32.1 Å². The number of nitrogens with one attached hydrogen (secondary N) is 4. The number of carbonyl (C=O) groups excluding carboxylic acids is 5. The van der Waals surface area contributed by atoms with E-state index in [9.17, 15) is 33.9 Å². The molecule has 57 heavy (non-hydrogen) atoms. The lowest BCUT2D eigenvalue weighted by atomic mass is 9.88. The summed E-state index contributed by atoms with van der Waals surface area (Å²) in [7, 11) is 0. The van der Waals surface area contributed by atoms with E-state index in [1.165, 1.54) is 57.7 Å². The van der Waals surface area contributed by atoms with Crippen molar-refractivity contribution >= 4 is 35.1 Å². The van der Waals surface area contributed by atoms with E-state index in [1.54, 1.807) is 6.20 Å². The monoisotopic (exact) mass is 806 g/mol. The van der Waals surface area contributed by atoms with Gasteiger partial charge >= 0.3 is 5.97 Å². The Morgan fingerprint density at radius 2 is 1.28 bits per heavy atom. The summed E-state index contributed by atoms with van der Waals surface area (Å²) in [5.41, 5.74) is 12.1. The zero-order chi connectivity index (χ0) is 42.1. The van der Waals surface area contributed by atoms with Crippen molar-refractivity contribution in [3.05, 3.63) is 18.2 Å². The first-order valence-corrected chi connectivity index (χ1v) is 21.6. The topological polar surface area (TPSA) is 260 Å². The Labute approximate surface area is 340 Å². The maximum atomic E-state index is 13.6. The second kappa shape index (κ2) is 33.4. The molecule has 15 nitrogen and oxygen atoms in total. The van der Waals surface area contributed by atoms with Crippen molar-refractivity contribution in [2.75, 3.05) is 26.2 Å². The molecular formula is C42H75N7O8. The van der Waals surface area contributed by atoms with Crippen LogP contribution in [0.5, 0.6) is 0 Å². The van der Waals surface area contributed by atoms with Gasteiger partial charge in [0, 0.05) is 50.0 Å². The van der Waals surface area contributed by atoms with Crippen molar-refractivity contribution < 1.29 is 39.0 Å². The molecule has 0 bridgehead atoms. The van der Waals surface area contributed by atoms with Crippen LogP contribution in [0.2, 0.25) is 0 Å². The average Bonchev–Trinajstić information content (AvgIpc) is 3.69. The predicted molar refractivity (Wildman–Crippen MR) is 221 cm³/mol. The normalized spacial score (nSPS) is 13.5. The first-order valence-electron chi connectivity index (χ1n) is 21.6. The third-order valence-corrected chi connectivity index (χ3v) is 10.5. The van der Waals surface area contributed by atoms with Crippen LogP contribution in [0, 0.1) is 5.92 Å². The number of aromatic amines is 1. The summed E-state index contributed by atoms with van der Waals surface area (Å²) in [6.07, 6.45) is 23.6. The van der Waals surface area contributed by atoms with Crippen molar-refractivity contribution in [2.24, 2.45) is 17.4 Å². The number of aromatic nitrogens is 2. The molecule has 0 unspecified atom stereocenters. The highest BCUT2D eigenvalue weighted by molar-refractivity contribution is 5.92. The molecular weight excluding hydrogens is 731 g/mol. The number of imidazole rings is 1. The van der Waals surface area contributed by atoms with Crippen molar-refractivity contribution in [1.82, 2.24) is 25.9 Å². The summed E-state index contributed by atoms with van der Waals surface area (Å²) in [5, 5.41) is 26.9. The van der Waals surface area contributed by atoms with Gasteiger partial charge in [0.2, 0.25) is 11.8 Å². The number of aliphatic hydroxyl groups is 1. The van der Waals surface area contributed by atoms with Gasteiger partial charge in [-0.15, -0.1) is 0 Å². The number of Topliss-reactive ketones (excluding diaryl/α,β-unsaturated/α-hetero) is 3. The van der Waals surface area contributed by atoms with Gasteiger partial charge in [0.05, 0.1) is 38.1 Å². The molecule has 0 radical (unpaired) electrons. The number of ketones is 3. The summed E-state index contributed by atoms with van der Waals surface area (Å²) in [4.78, 5) is 81.2. The average molecular weight is 806 g/mol. The largest absolute Gasteiger partial charge is 0.481 e. The smallest absolute Gasteiger partial charge is 0.303 e. The highest BCUT2D eigenvalue weighted by Gasteiger charge is 2.28. The number of hydrogen-bond donors (Lipinski definition) is 8. The highest BCUT2D eigenvalue weighted by atomic mass is 16.4. The SMILES string of the molecule is CCCC[C@H](NCC(=O)[C@@H](N)Cc1cnc[nH]1)C(=O)C[C@@H](CCCCNC(=O)CCCCCCCCCCCCCCCCC(=O)O)C(=O)CN[C@@H](CO)C(N)=O. The minimum absolute atomic E-state index is 0.00839. The van der Waals surface area contributed by atoms with E-state index in [0.29, 0.717) is 45.1 Å². The molecule has 2 amide bonds. The minimum atomic E-state index is -1.09. The predicted octanol–water partition coefficient (Wildman–Crippen LogP) is 4.19. The fourth-order valence-corrected chi connectivity index (χ4v) is 6.79. The van der Waals surface area contributed by atoms with Crippen LogP contribution in [0.4, 0.5) is 0 Å². The van der Waals surface area contributed by atoms with E-state index in [4.69, 9.17) is 16.6 Å². The Balaban J connectivity index is 2.42. The molecule has 15 heteroatoms. The fraction of sp³-hybridized carbons (Fsp3) is 0.786. The van der Waals surface area contributed by atoms with Crippen LogP contribution in [0.1, 0.15) is 160 Å². The third-order valence-electron chi connectivity index (χ3n) is 10.5. The number of aliphatic carboxylic acids is 1. The van der Waals surface area contributed by atoms with Crippen molar-refractivity contribution in [3.8, 4) is 0 Å². The second-order valence-corrected chi connectivity index (χ2v) is 15.5. The Morgan fingerprint density at radius 3 is 1.81 bits per heavy atom. The lowest BCUT2D eigenvalue weighted by molar-refractivity contribution is -0.137. The first kappa shape index (κ1) is 51.5. The molecule has 0 saturated carbocycles. The molecule has 0 saturated heterocycles. The number of carboxylic acids is 1. The van der Waals surface area contributed by atoms with E-state index in [0.717, 1.165) is 57.1 Å². The quantitative estimate of drug-likeness (QED) is 0.0435. The summed E-state index contributed by atoms with van der Waals surface area (Å²) in [6.45, 7) is 1.58. The molecule has 1 aromatic rings. The molecule has 4 atom stereocenters. The van der Waals surface area contributed by atoms with Crippen molar-refractivity contribution in [1.29, 1.82) is 0 Å². The zero-order valence-electron chi connectivity index (χ0n) is 34.7. The van der Waals surface area contributed by atoms with Crippen LogP contribution in [0.15, 0.2) is 12.5 Å². The van der Waals surface area contributed by atoms with Gasteiger partial charge in [-0.25, -0.2) is 4.98 Å². The summed E-state index contributed by atoms with van der Waals surface area (Å²) in [6, 6.07) is -2.49. The van der Waals surface area contributed by atoms with Gasteiger partial charge in [0.15, 0.2) is 5.78 Å². The molecule has 1 heterocycles. The van der Waals surface area contributed by atoms with Crippen molar-refractivity contribution in [2.45, 2.75) is 179 Å². The van der Waals surface area contributed by atoms with Crippen LogP contribution < -0.4 is 27.4 Å². The number of amides is 2. The molecule has 1 rings (SSSR count). The third kappa shape index (κ3) is 26.9. The Kier molecular flexibility index (Phi) is 30.2. The number of carboxylic acid groups (broad SMARTS) is 1. The first-order chi connectivity index (χ1) is 27.5. The molecule has 0 aliphatic heterocycles. The molecule has 0 fully saturated rings.